The molecule has 6 heteroatoms. The molecular formula is C14H16ClN3OS. The molecule has 1 aromatic heterocycles. The van der Waals surface area contributed by atoms with Gasteiger partial charge < -0.3 is 11.1 Å². The van der Waals surface area contributed by atoms with Crippen molar-refractivity contribution in [3.63, 3.8) is 0 Å². The summed E-state index contributed by atoms with van der Waals surface area (Å²) < 4.78 is 0. The molecule has 0 bridgehead atoms. The highest BCUT2D eigenvalue weighted by Crippen LogP contribution is 2.30. The standard InChI is InChI=1S/C14H16ClN3OS/c1-8(9(2)16)13(19)18-14-17-12(7-20-14)10-5-3-4-6-11(10)15/h3-9H,16H2,1-2H3,(H,17,18,19). The van der Waals surface area contributed by atoms with Crippen molar-refractivity contribution in [2.45, 2.75) is 19.9 Å². The van der Waals surface area contributed by atoms with E-state index in [0.717, 1.165) is 11.3 Å². The summed E-state index contributed by atoms with van der Waals surface area (Å²) in [5.41, 5.74) is 7.32. The molecule has 0 aliphatic carbocycles. The number of hydrogen-bond donors (Lipinski definition) is 2. The zero-order valence-electron chi connectivity index (χ0n) is 11.3. The van der Waals surface area contributed by atoms with Gasteiger partial charge in [-0.1, -0.05) is 36.7 Å². The minimum atomic E-state index is -0.261. The summed E-state index contributed by atoms with van der Waals surface area (Å²) in [5, 5.41) is 5.84. The fourth-order valence-corrected chi connectivity index (χ4v) is 2.53. The molecule has 0 fully saturated rings. The van der Waals surface area contributed by atoms with Crippen molar-refractivity contribution in [2.75, 3.05) is 5.32 Å². The molecule has 2 aromatic rings. The highest BCUT2D eigenvalue weighted by Gasteiger charge is 2.18. The number of nitrogens with two attached hydrogens (primary N) is 1. The van der Waals surface area contributed by atoms with Crippen LogP contribution in [0.1, 0.15) is 13.8 Å². The van der Waals surface area contributed by atoms with E-state index in [4.69, 9.17) is 17.3 Å². The third-order valence-corrected chi connectivity index (χ3v) is 4.17. The monoisotopic (exact) mass is 309 g/mol. The van der Waals surface area contributed by atoms with Crippen molar-refractivity contribution >= 4 is 34.0 Å². The molecule has 0 aliphatic heterocycles. The molecule has 0 spiro atoms. The number of rotatable bonds is 4. The summed E-state index contributed by atoms with van der Waals surface area (Å²) in [6.45, 7) is 3.60. The summed E-state index contributed by atoms with van der Waals surface area (Å²) in [5.74, 6) is -0.386. The second-order valence-corrected chi connectivity index (χ2v) is 5.92. The number of halogens is 1. The molecule has 1 aromatic carbocycles. The number of amides is 1. The number of benzene rings is 1. The van der Waals surface area contributed by atoms with Gasteiger partial charge in [0.25, 0.3) is 0 Å². The Bertz CT molecular complexity index is 612. The van der Waals surface area contributed by atoms with Crippen LogP contribution in [-0.4, -0.2) is 16.9 Å². The smallest absolute Gasteiger partial charge is 0.230 e. The van der Waals surface area contributed by atoms with Crippen molar-refractivity contribution in [3.05, 3.63) is 34.7 Å². The highest BCUT2D eigenvalue weighted by molar-refractivity contribution is 7.14. The quantitative estimate of drug-likeness (QED) is 0.909. The Morgan fingerprint density at radius 1 is 1.40 bits per heavy atom. The minimum absolute atomic E-state index is 0.125. The van der Waals surface area contributed by atoms with Crippen molar-refractivity contribution < 1.29 is 4.79 Å². The van der Waals surface area contributed by atoms with Crippen LogP contribution in [-0.2, 0) is 4.79 Å². The van der Waals surface area contributed by atoms with E-state index in [1.165, 1.54) is 11.3 Å². The Morgan fingerprint density at radius 2 is 2.10 bits per heavy atom. The molecular weight excluding hydrogens is 294 g/mol. The average Bonchev–Trinajstić information content (AvgIpc) is 2.86. The van der Waals surface area contributed by atoms with Crippen LogP contribution in [0.5, 0.6) is 0 Å². The lowest BCUT2D eigenvalue weighted by Crippen LogP contribution is -2.34. The molecule has 1 heterocycles. The van der Waals surface area contributed by atoms with E-state index in [2.05, 4.69) is 10.3 Å². The Labute approximate surface area is 127 Å². The van der Waals surface area contributed by atoms with Gasteiger partial charge in [0, 0.05) is 22.0 Å². The molecule has 20 heavy (non-hydrogen) atoms. The van der Waals surface area contributed by atoms with Gasteiger partial charge in [-0.05, 0) is 13.0 Å². The second-order valence-electron chi connectivity index (χ2n) is 4.65. The van der Waals surface area contributed by atoms with Crippen molar-refractivity contribution in [1.29, 1.82) is 0 Å². The first-order valence-electron chi connectivity index (χ1n) is 6.26. The maximum absolute atomic E-state index is 11.9. The summed E-state index contributed by atoms with van der Waals surface area (Å²) in [6.07, 6.45) is 0. The van der Waals surface area contributed by atoms with Crippen LogP contribution in [0.15, 0.2) is 29.6 Å². The molecule has 4 nitrogen and oxygen atoms in total. The molecule has 0 saturated heterocycles. The Kier molecular flexibility index (Phi) is 4.75. The maximum Gasteiger partial charge on any atom is 0.230 e. The Morgan fingerprint density at radius 3 is 2.75 bits per heavy atom. The van der Waals surface area contributed by atoms with E-state index in [1.807, 2.05) is 29.6 Å². The third-order valence-electron chi connectivity index (χ3n) is 3.09. The van der Waals surface area contributed by atoms with Crippen molar-refractivity contribution in [1.82, 2.24) is 4.98 Å². The maximum atomic E-state index is 11.9. The minimum Gasteiger partial charge on any atom is -0.327 e. The van der Waals surface area contributed by atoms with Gasteiger partial charge in [-0.25, -0.2) is 4.98 Å². The van der Waals surface area contributed by atoms with Gasteiger partial charge >= 0.3 is 0 Å². The van der Waals surface area contributed by atoms with E-state index in [9.17, 15) is 4.79 Å². The molecule has 0 radical (unpaired) electrons. The van der Waals surface area contributed by atoms with Gasteiger partial charge in [-0.15, -0.1) is 11.3 Å². The molecule has 3 N–H and O–H groups in total. The van der Waals surface area contributed by atoms with Crippen LogP contribution in [0.3, 0.4) is 0 Å². The van der Waals surface area contributed by atoms with Gasteiger partial charge in [0.1, 0.15) is 0 Å². The SMILES string of the molecule is CC(N)C(C)C(=O)Nc1nc(-c2ccccc2Cl)cs1. The number of carbonyl (C=O) groups is 1. The first kappa shape index (κ1) is 15.0. The number of nitrogens with zero attached hydrogens (tertiary/aromatic N) is 1. The molecule has 1 amide bonds. The first-order chi connectivity index (χ1) is 9.49. The normalized spacial score (nSPS) is 13.8. The number of aromatic nitrogens is 1. The summed E-state index contributed by atoms with van der Waals surface area (Å²) in [7, 11) is 0. The Hall–Kier alpha value is -1.43. The van der Waals surface area contributed by atoms with Crippen LogP contribution >= 0.6 is 22.9 Å². The zero-order chi connectivity index (χ0) is 14.7. The second kappa shape index (κ2) is 6.35. The lowest BCUT2D eigenvalue weighted by Gasteiger charge is -2.13. The fourth-order valence-electron chi connectivity index (χ4n) is 1.58. The number of hydrogen-bond acceptors (Lipinski definition) is 4. The largest absolute Gasteiger partial charge is 0.327 e. The lowest BCUT2D eigenvalue weighted by molar-refractivity contribution is -0.119. The molecule has 0 aliphatic rings. The van der Waals surface area contributed by atoms with Crippen LogP contribution in [0.25, 0.3) is 11.3 Å². The molecule has 0 saturated carbocycles. The van der Waals surface area contributed by atoms with Gasteiger partial charge in [0.05, 0.1) is 11.6 Å². The molecule has 106 valence electrons. The summed E-state index contributed by atoms with van der Waals surface area (Å²) >= 11 is 7.49. The summed E-state index contributed by atoms with van der Waals surface area (Å²) in [4.78, 5) is 16.3. The van der Waals surface area contributed by atoms with Gasteiger partial charge in [-0.2, -0.15) is 0 Å². The molecule has 2 atom stereocenters. The van der Waals surface area contributed by atoms with E-state index < -0.39 is 0 Å². The fraction of sp³-hybridized carbons (Fsp3) is 0.286. The predicted octanol–water partition coefficient (Wildman–Crippen LogP) is 3.39. The number of thiazole rings is 1. The van der Waals surface area contributed by atoms with Crippen LogP contribution < -0.4 is 11.1 Å². The van der Waals surface area contributed by atoms with Gasteiger partial charge in [0.15, 0.2) is 5.13 Å². The van der Waals surface area contributed by atoms with Gasteiger partial charge in [0.2, 0.25) is 5.91 Å². The average molecular weight is 310 g/mol. The van der Waals surface area contributed by atoms with E-state index in [0.29, 0.717) is 10.2 Å². The number of carbonyl (C=O) groups excluding carboxylic acids is 1. The molecule has 2 unspecified atom stereocenters. The lowest BCUT2D eigenvalue weighted by atomic mass is 10.0. The van der Waals surface area contributed by atoms with Crippen LogP contribution in [0.4, 0.5) is 5.13 Å². The predicted molar refractivity (Wildman–Crippen MR) is 84.0 cm³/mol. The summed E-state index contributed by atoms with van der Waals surface area (Å²) in [6, 6.07) is 7.28. The van der Waals surface area contributed by atoms with Crippen molar-refractivity contribution in [2.24, 2.45) is 11.7 Å². The Balaban J connectivity index is 2.14. The number of nitrogens with one attached hydrogen (secondary N) is 1. The van der Waals surface area contributed by atoms with E-state index in [1.54, 1.807) is 13.8 Å². The first-order valence-corrected chi connectivity index (χ1v) is 7.51. The van der Waals surface area contributed by atoms with E-state index in [-0.39, 0.29) is 17.9 Å². The topological polar surface area (TPSA) is 68.0 Å². The zero-order valence-corrected chi connectivity index (χ0v) is 12.8. The third kappa shape index (κ3) is 3.36. The van der Waals surface area contributed by atoms with Crippen LogP contribution in [0.2, 0.25) is 5.02 Å². The van der Waals surface area contributed by atoms with Crippen LogP contribution in [0, 0.1) is 5.92 Å². The highest BCUT2D eigenvalue weighted by atomic mass is 35.5. The van der Waals surface area contributed by atoms with Crippen molar-refractivity contribution in [3.8, 4) is 11.3 Å². The molecule has 2 rings (SSSR count). The van der Waals surface area contributed by atoms with Gasteiger partial charge in [-0.3, -0.25) is 4.79 Å². The van der Waals surface area contributed by atoms with E-state index >= 15 is 0 Å². The number of anilines is 1.